The van der Waals surface area contributed by atoms with Gasteiger partial charge in [-0.3, -0.25) is 0 Å². The Morgan fingerprint density at radius 1 is 1.31 bits per heavy atom. The van der Waals surface area contributed by atoms with Gasteiger partial charge in [0.25, 0.3) is 0 Å². The zero-order chi connectivity index (χ0) is 11.5. The van der Waals surface area contributed by atoms with Crippen LogP contribution in [0.1, 0.15) is 22.1 Å². The SMILES string of the molecule is COc1ccc(C)cc1C(O)c1cccs1. The molecule has 0 radical (unpaired) electrons. The highest BCUT2D eigenvalue weighted by atomic mass is 32.1. The summed E-state index contributed by atoms with van der Waals surface area (Å²) in [4.78, 5) is 0.934. The van der Waals surface area contributed by atoms with Crippen LogP contribution < -0.4 is 4.74 Å². The zero-order valence-electron chi connectivity index (χ0n) is 9.31. The van der Waals surface area contributed by atoms with E-state index in [-0.39, 0.29) is 0 Å². The minimum absolute atomic E-state index is 0.602. The molecule has 0 fully saturated rings. The van der Waals surface area contributed by atoms with Crippen molar-refractivity contribution in [2.75, 3.05) is 7.11 Å². The van der Waals surface area contributed by atoms with Crippen LogP contribution in [0.25, 0.3) is 0 Å². The summed E-state index contributed by atoms with van der Waals surface area (Å²) < 4.78 is 5.26. The Morgan fingerprint density at radius 2 is 2.12 bits per heavy atom. The van der Waals surface area contributed by atoms with E-state index < -0.39 is 6.10 Å². The van der Waals surface area contributed by atoms with Crippen molar-refractivity contribution in [3.8, 4) is 5.75 Å². The summed E-state index contributed by atoms with van der Waals surface area (Å²) in [6.07, 6.45) is -0.602. The van der Waals surface area contributed by atoms with Crippen LogP contribution in [0.15, 0.2) is 35.7 Å². The molecule has 1 heterocycles. The predicted octanol–water partition coefficient (Wildman–Crippen LogP) is 3.15. The zero-order valence-corrected chi connectivity index (χ0v) is 10.1. The van der Waals surface area contributed by atoms with E-state index in [0.29, 0.717) is 0 Å². The van der Waals surface area contributed by atoms with E-state index >= 15 is 0 Å². The maximum atomic E-state index is 10.2. The van der Waals surface area contributed by atoms with E-state index in [9.17, 15) is 5.11 Å². The molecular formula is C13H14O2S. The number of methoxy groups -OCH3 is 1. The first-order chi connectivity index (χ1) is 7.72. The van der Waals surface area contributed by atoms with Gasteiger partial charge in [0.15, 0.2) is 0 Å². The van der Waals surface area contributed by atoms with Crippen molar-refractivity contribution in [1.82, 2.24) is 0 Å². The van der Waals surface area contributed by atoms with E-state index in [0.717, 1.165) is 21.8 Å². The monoisotopic (exact) mass is 234 g/mol. The van der Waals surface area contributed by atoms with Gasteiger partial charge < -0.3 is 9.84 Å². The summed E-state index contributed by atoms with van der Waals surface area (Å²) in [5.74, 6) is 0.728. The van der Waals surface area contributed by atoms with Gasteiger partial charge in [0.1, 0.15) is 11.9 Å². The largest absolute Gasteiger partial charge is 0.496 e. The van der Waals surface area contributed by atoms with Gasteiger partial charge >= 0.3 is 0 Å². The Morgan fingerprint density at radius 3 is 2.75 bits per heavy atom. The van der Waals surface area contributed by atoms with Gasteiger partial charge in [-0.25, -0.2) is 0 Å². The van der Waals surface area contributed by atoms with Crippen LogP contribution in [0.2, 0.25) is 0 Å². The Hall–Kier alpha value is -1.32. The van der Waals surface area contributed by atoms with Crippen LogP contribution in [0.4, 0.5) is 0 Å². The molecule has 0 saturated heterocycles. The number of benzene rings is 1. The Bertz CT molecular complexity index is 463. The molecule has 0 amide bonds. The Kier molecular flexibility index (Phi) is 3.27. The molecule has 2 aromatic rings. The van der Waals surface area contributed by atoms with Crippen molar-refractivity contribution in [3.05, 3.63) is 51.7 Å². The minimum Gasteiger partial charge on any atom is -0.496 e. The third kappa shape index (κ3) is 2.10. The average Bonchev–Trinajstić information content (AvgIpc) is 2.81. The van der Waals surface area contributed by atoms with Crippen LogP contribution in [-0.2, 0) is 0 Å². The molecule has 1 N–H and O–H groups in total. The summed E-state index contributed by atoms with van der Waals surface area (Å²) in [6, 6.07) is 9.69. The molecule has 2 rings (SSSR count). The molecule has 1 aromatic carbocycles. The number of thiophene rings is 1. The lowest BCUT2D eigenvalue weighted by molar-refractivity contribution is 0.218. The van der Waals surface area contributed by atoms with Gasteiger partial charge in [0.05, 0.1) is 7.11 Å². The first kappa shape index (κ1) is 11.2. The first-order valence-electron chi connectivity index (χ1n) is 5.08. The lowest BCUT2D eigenvalue weighted by Crippen LogP contribution is -2.01. The number of hydrogen-bond acceptors (Lipinski definition) is 3. The highest BCUT2D eigenvalue weighted by Crippen LogP contribution is 2.32. The molecular weight excluding hydrogens is 220 g/mol. The van der Waals surface area contributed by atoms with Crippen molar-refractivity contribution >= 4 is 11.3 Å². The summed E-state index contributed by atoms with van der Waals surface area (Å²) in [5, 5.41) is 12.2. The fourth-order valence-electron chi connectivity index (χ4n) is 1.67. The molecule has 0 spiro atoms. The van der Waals surface area contributed by atoms with Crippen molar-refractivity contribution in [2.45, 2.75) is 13.0 Å². The molecule has 0 bridgehead atoms. The highest BCUT2D eigenvalue weighted by molar-refractivity contribution is 7.10. The molecule has 0 aliphatic carbocycles. The third-order valence-electron chi connectivity index (χ3n) is 2.49. The molecule has 1 atom stereocenters. The van der Waals surface area contributed by atoms with Crippen molar-refractivity contribution in [2.24, 2.45) is 0 Å². The van der Waals surface area contributed by atoms with E-state index in [1.165, 1.54) is 0 Å². The predicted molar refractivity (Wildman–Crippen MR) is 66.1 cm³/mol. The maximum Gasteiger partial charge on any atom is 0.125 e. The van der Waals surface area contributed by atoms with Gasteiger partial charge in [0, 0.05) is 10.4 Å². The van der Waals surface area contributed by atoms with Gasteiger partial charge in [-0.1, -0.05) is 17.7 Å². The van der Waals surface area contributed by atoms with Gasteiger partial charge in [-0.15, -0.1) is 11.3 Å². The van der Waals surface area contributed by atoms with E-state index in [2.05, 4.69) is 0 Å². The van der Waals surface area contributed by atoms with E-state index in [4.69, 9.17) is 4.74 Å². The molecule has 0 aliphatic heterocycles. The number of aliphatic hydroxyl groups is 1. The van der Waals surface area contributed by atoms with E-state index in [1.807, 2.05) is 42.6 Å². The number of aliphatic hydroxyl groups excluding tert-OH is 1. The summed E-state index contributed by atoms with van der Waals surface area (Å²) in [7, 11) is 1.62. The van der Waals surface area contributed by atoms with Crippen LogP contribution in [0.3, 0.4) is 0 Å². The lowest BCUT2D eigenvalue weighted by Gasteiger charge is -2.14. The fourth-order valence-corrected chi connectivity index (χ4v) is 2.39. The average molecular weight is 234 g/mol. The maximum absolute atomic E-state index is 10.2. The minimum atomic E-state index is -0.602. The fraction of sp³-hybridized carbons (Fsp3) is 0.231. The van der Waals surface area contributed by atoms with Crippen LogP contribution in [0.5, 0.6) is 5.75 Å². The second-order valence-corrected chi connectivity index (χ2v) is 4.64. The third-order valence-corrected chi connectivity index (χ3v) is 3.42. The normalized spacial score (nSPS) is 12.4. The second kappa shape index (κ2) is 4.68. The Labute approximate surface area is 99.1 Å². The molecule has 1 unspecified atom stereocenters. The summed E-state index contributed by atoms with van der Waals surface area (Å²) in [5.41, 5.74) is 1.94. The summed E-state index contributed by atoms with van der Waals surface area (Å²) >= 11 is 1.55. The number of aryl methyl sites for hydroxylation is 1. The molecule has 2 nitrogen and oxygen atoms in total. The highest BCUT2D eigenvalue weighted by Gasteiger charge is 2.16. The molecule has 84 valence electrons. The number of ether oxygens (including phenoxy) is 1. The van der Waals surface area contributed by atoms with Crippen molar-refractivity contribution in [1.29, 1.82) is 0 Å². The van der Waals surface area contributed by atoms with Gasteiger partial charge in [-0.05, 0) is 30.5 Å². The second-order valence-electron chi connectivity index (χ2n) is 3.66. The quantitative estimate of drug-likeness (QED) is 0.884. The Balaban J connectivity index is 2.42. The topological polar surface area (TPSA) is 29.5 Å². The number of rotatable bonds is 3. The molecule has 16 heavy (non-hydrogen) atoms. The smallest absolute Gasteiger partial charge is 0.125 e. The first-order valence-corrected chi connectivity index (χ1v) is 5.96. The van der Waals surface area contributed by atoms with E-state index in [1.54, 1.807) is 18.4 Å². The molecule has 3 heteroatoms. The lowest BCUT2D eigenvalue weighted by atomic mass is 10.0. The van der Waals surface area contributed by atoms with Gasteiger partial charge in [0.2, 0.25) is 0 Å². The molecule has 1 aromatic heterocycles. The summed E-state index contributed by atoms with van der Waals surface area (Å²) in [6.45, 7) is 2.00. The van der Waals surface area contributed by atoms with Crippen LogP contribution in [0, 0.1) is 6.92 Å². The standard InChI is InChI=1S/C13H14O2S/c1-9-5-6-11(15-2)10(8-9)13(14)12-4-3-7-16-12/h3-8,13-14H,1-2H3. The van der Waals surface area contributed by atoms with Gasteiger partial charge in [-0.2, -0.15) is 0 Å². The van der Waals surface area contributed by atoms with Crippen LogP contribution >= 0.6 is 11.3 Å². The van der Waals surface area contributed by atoms with Crippen molar-refractivity contribution < 1.29 is 9.84 Å². The molecule has 0 aliphatic rings. The van der Waals surface area contributed by atoms with Crippen LogP contribution in [-0.4, -0.2) is 12.2 Å². The van der Waals surface area contributed by atoms with Crippen molar-refractivity contribution in [3.63, 3.8) is 0 Å². The number of hydrogen-bond donors (Lipinski definition) is 1. The molecule has 0 saturated carbocycles.